The topological polar surface area (TPSA) is 51.5 Å². The van der Waals surface area contributed by atoms with Crippen molar-refractivity contribution in [1.29, 1.82) is 0 Å². The normalized spacial score (nSPS) is 36.4. The maximum atomic E-state index is 12.7. The Morgan fingerprint density at radius 1 is 1.23 bits per heavy atom. The second-order valence-electron chi connectivity index (χ2n) is 7.50. The monoisotopic (exact) mass is 298 g/mol. The third-order valence-corrected chi connectivity index (χ3v) is 5.82. The van der Waals surface area contributed by atoms with E-state index in [0.29, 0.717) is 5.71 Å². The van der Waals surface area contributed by atoms with Gasteiger partial charge in [0.25, 0.3) is 0 Å². The van der Waals surface area contributed by atoms with Gasteiger partial charge in [0, 0.05) is 18.0 Å². The highest BCUT2D eigenvalue weighted by molar-refractivity contribution is 5.98. The van der Waals surface area contributed by atoms with Gasteiger partial charge in [-0.1, -0.05) is 5.16 Å². The van der Waals surface area contributed by atoms with Crippen molar-refractivity contribution in [1.82, 2.24) is 4.98 Å². The molecule has 0 saturated heterocycles. The zero-order chi connectivity index (χ0) is 15.2. The van der Waals surface area contributed by atoms with E-state index in [2.05, 4.69) is 10.1 Å². The molecule has 0 atom stereocenters. The van der Waals surface area contributed by atoms with E-state index in [1.54, 1.807) is 12.4 Å². The molecule has 0 spiro atoms. The van der Waals surface area contributed by atoms with Gasteiger partial charge in [-0.25, -0.2) is 4.79 Å². The lowest BCUT2D eigenvalue weighted by molar-refractivity contribution is -0.171. The van der Waals surface area contributed by atoms with Crippen molar-refractivity contribution in [2.45, 2.75) is 45.4 Å². The van der Waals surface area contributed by atoms with Crippen molar-refractivity contribution in [3.63, 3.8) is 0 Å². The van der Waals surface area contributed by atoms with Crippen molar-refractivity contribution in [2.24, 2.45) is 28.3 Å². The Labute approximate surface area is 131 Å². The minimum atomic E-state index is -0.243. The first-order chi connectivity index (χ1) is 10.6. The Hall–Kier alpha value is -1.71. The fourth-order valence-corrected chi connectivity index (χ4v) is 5.20. The molecule has 4 saturated carbocycles. The minimum absolute atomic E-state index is 0.102. The lowest BCUT2D eigenvalue weighted by Crippen LogP contribution is -2.50. The van der Waals surface area contributed by atoms with Gasteiger partial charge in [-0.05, 0) is 75.3 Å². The average Bonchev–Trinajstić information content (AvgIpc) is 2.51. The first kappa shape index (κ1) is 13.9. The van der Waals surface area contributed by atoms with Crippen LogP contribution in [0.25, 0.3) is 0 Å². The van der Waals surface area contributed by atoms with Gasteiger partial charge in [-0.3, -0.25) is 4.98 Å². The first-order valence-electron chi connectivity index (χ1n) is 8.31. The molecule has 0 N–H and O–H groups in total. The molecule has 0 unspecified atom stereocenters. The van der Waals surface area contributed by atoms with Crippen LogP contribution in [0.3, 0.4) is 0 Å². The number of pyridine rings is 1. The summed E-state index contributed by atoms with van der Waals surface area (Å²) in [5, 5.41) is 4.08. The number of aromatic nitrogens is 1. The molecule has 0 amide bonds. The van der Waals surface area contributed by atoms with Crippen LogP contribution < -0.4 is 0 Å². The van der Waals surface area contributed by atoms with Gasteiger partial charge in [0.15, 0.2) is 0 Å². The van der Waals surface area contributed by atoms with Crippen LogP contribution >= 0.6 is 0 Å². The number of nitrogens with zero attached hydrogens (tertiary/aromatic N) is 2. The van der Waals surface area contributed by atoms with E-state index in [1.165, 1.54) is 19.3 Å². The summed E-state index contributed by atoms with van der Waals surface area (Å²) in [7, 11) is 0. The lowest BCUT2D eigenvalue weighted by Gasteiger charge is -2.54. The zero-order valence-electron chi connectivity index (χ0n) is 13.0. The average molecular weight is 298 g/mol. The highest BCUT2D eigenvalue weighted by atomic mass is 16.7. The van der Waals surface area contributed by atoms with Gasteiger partial charge < -0.3 is 4.84 Å². The summed E-state index contributed by atoms with van der Waals surface area (Å²) in [6, 6.07) is 3.78. The second kappa shape index (κ2) is 5.18. The van der Waals surface area contributed by atoms with Crippen LogP contribution in [0.15, 0.2) is 29.7 Å². The van der Waals surface area contributed by atoms with E-state index >= 15 is 0 Å². The summed E-state index contributed by atoms with van der Waals surface area (Å²) in [4.78, 5) is 22.1. The molecule has 4 aliphatic carbocycles. The molecular weight excluding hydrogens is 276 g/mol. The molecule has 4 nitrogen and oxygen atoms in total. The number of hydrogen-bond acceptors (Lipinski definition) is 4. The molecule has 116 valence electrons. The van der Waals surface area contributed by atoms with Gasteiger partial charge in [0.05, 0.1) is 11.1 Å². The minimum Gasteiger partial charge on any atom is -0.317 e. The van der Waals surface area contributed by atoms with Crippen molar-refractivity contribution in [3.05, 3.63) is 30.1 Å². The van der Waals surface area contributed by atoms with Gasteiger partial charge >= 0.3 is 5.97 Å². The van der Waals surface area contributed by atoms with Crippen LogP contribution in [0, 0.1) is 23.2 Å². The Morgan fingerprint density at radius 3 is 2.41 bits per heavy atom. The highest BCUT2D eigenvalue weighted by Crippen LogP contribution is 2.60. The number of rotatable bonds is 3. The molecule has 0 aromatic carbocycles. The molecule has 1 aromatic heterocycles. The molecule has 22 heavy (non-hydrogen) atoms. The maximum absolute atomic E-state index is 12.7. The largest absolute Gasteiger partial charge is 0.341 e. The summed E-state index contributed by atoms with van der Waals surface area (Å²) in [5.41, 5.74) is 1.35. The van der Waals surface area contributed by atoms with E-state index in [0.717, 1.165) is 42.6 Å². The summed E-state index contributed by atoms with van der Waals surface area (Å²) < 4.78 is 0. The van der Waals surface area contributed by atoms with Crippen LogP contribution in [0.2, 0.25) is 0 Å². The fourth-order valence-electron chi connectivity index (χ4n) is 5.20. The predicted octanol–water partition coefficient (Wildman–Crippen LogP) is 3.57. The molecule has 1 aromatic rings. The highest BCUT2D eigenvalue weighted by Gasteiger charge is 2.55. The Morgan fingerprint density at radius 2 is 1.86 bits per heavy atom. The molecule has 4 fully saturated rings. The second-order valence-corrected chi connectivity index (χ2v) is 7.50. The number of carbonyl (C=O) groups excluding carboxylic acids is 1. The molecular formula is C18H22N2O2. The number of hydrogen-bond donors (Lipinski definition) is 0. The molecule has 5 rings (SSSR count). The quantitative estimate of drug-likeness (QED) is 0.487. The smallest absolute Gasteiger partial charge is 0.317 e. The van der Waals surface area contributed by atoms with E-state index < -0.39 is 0 Å². The van der Waals surface area contributed by atoms with E-state index in [-0.39, 0.29) is 11.4 Å². The van der Waals surface area contributed by atoms with Gasteiger partial charge in [0.2, 0.25) is 0 Å². The van der Waals surface area contributed by atoms with Gasteiger partial charge in [-0.2, -0.15) is 0 Å². The van der Waals surface area contributed by atoms with Crippen LogP contribution in [0.5, 0.6) is 0 Å². The van der Waals surface area contributed by atoms with Crippen molar-refractivity contribution < 1.29 is 9.63 Å². The molecule has 1 heterocycles. The SMILES string of the molecule is CC(=NOC(=O)C12CC3CC(CC(C3)C1)C2)c1cccnc1. The first-order valence-corrected chi connectivity index (χ1v) is 8.31. The molecule has 4 aliphatic rings. The van der Waals surface area contributed by atoms with Crippen LogP contribution in [-0.2, 0) is 9.63 Å². The molecule has 0 aliphatic heterocycles. The maximum Gasteiger partial charge on any atom is 0.341 e. The zero-order valence-corrected chi connectivity index (χ0v) is 13.0. The number of oxime groups is 1. The summed E-state index contributed by atoms with van der Waals surface area (Å²) in [6.07, 6.45) is 10.5. The third-order valence-electron chi connectivity index (χ3n) is 5.82. The van der Waals surface area contributed by atoms with Gasteiger partial charge in [0.1, 0.15) is 0 Å². The third kappa shape index (κ3) is 2.34. The standard InChI is InChI=1S/C18H22N2O2/c1-12(16-3-2-4-19-11-16)20-22-17(21)18-8-13-5-14(9-18)7-15(6-13)10-18/h2-4,11,13-15H,5-10H2,1H3. The van der Waals surface area contributed by atoms with Crippen LogP contribution in [-0.4, -0.2) is 16.7 Å². The van der Waals surface area contributed by atoms with Crippen molar-refractivity contribution in [3.8, 4) is 0 Å². The number of carbonyl (C=O) groups is 1. The van der Waals surface area contributed by atoms with Crippen molar-refractivity contribution in [2.75, 3.05) is 0 Å². The summed E-state index contributed by atoms with van der Waals surface area (Å²) in [5.74, 6) is 2.11. The van der Waals surface area contributed by atoms with E-state index in [1.807, 2.05) is 19.1 Å². The molecule has 4 heteroatoms. The summed E-state index contributed by atoms with van der Waals surface area (Å²) >= 11 is 0. The lowest BCUT2D eigenvalue weighted by atomic mass is 9.49. The molecule has 0 radical (unpaired) electrons. The predicted molar refractivity (Wildman–Crippen MR) is 83.1 cm³/mol. The van der Waals surface area contributed by atoms with E-state index in [9.17, 15) is 4.79 Å². The van der Waals surface area contributed by atoms with Crippen LogP contribution in [0.4, 0.5) is 0 Å². The Kier molecular flexibility index (Phi) is 3.28. The van der Waals surface area contributed by atoms with E-state index in [4.69, 9.17) is 4.84 Å². The Balaban J connectivity index is 1.48. The van der Waals surface area contributed by atoms with Crippen molar-refractivity contribution >= 4 is 11.7 Å². The fraction of sp³-hybridized carbons (Fsp3) is 0.611. The van der Waals surface area contributed by atoms with Crippen LogP contribution in [0.1, 0.15) is 51.0 Å². The van der Waals surface area contributed by atoms with Gasteiger partial charge in [-0.15, -0.1) is 0 Å². The molecule has 4 bridgehead atoms. The summed E-state index contributed by atoms with van der Waals surface area (Å²) in [6.45, 7) is 1.85. The Bertz CT molecular complexity index is 573.